The second-order valence-corrected chi connectivity index (χ2v) is 4.79. The molecular formula is C14H16F2O2. The van der Waals surface area contributed by atoms with E-state index < -0.39 is 11.8 Å². The molecule has 1 aliphatic rings. The summed E-state index contributed by atoms with van der Waals surface area (Å²) in [7, 11) is 1.55. The highest BCUT2D eigenvalue weighted by Gasteiger charge is 2.42. The van der Waals surface area contributed by atoms with Gasteiger partial charge in [-0.25, -0.2) is 8.78 Å². The Labute approximate surface area is 105 Å². The molecule has 0 aliphatic heterocycles. The lowest BCUT2D eigenvalue weighted by Gasteiger charge is -2.10. The summed E-state index contributed by atoms with van der Waals surface area (Å²) in [6, 6.07) is 7.17. The van der Waals surface area contributed by atoms with E-state index in [1.54, 1.807) is 25.3 Å². The summed E-state index contributed by atoms with van der Waals surface area (Å²) in [5.41, 5.74) is 0.814. The maximum Gasteiger partial charge on any atom is 0.248 e. The van der Waals surface area contributed by atoms with Crippen molar-refractivity contribution >= 4 is 5.78 Å². The van der Waals surface area contributed by atoms with Crippen molar-refractivity contribution in [2.24, 2.45) is 5.92 Å². The van der Waals surface area contributed by atoms with E-state index in [4.69, 9.17) is 4.74 Å². The maximum atomic E-state index is 13.0. The van der Waals surface area contributed by atoms with Crippen LogP contribution in [-0.4, -0.2) is 18.8 Å². The third-order valence-electron chi connectivity index (χ3n) is 3.37. The van der Waals surface area contributed by atoms with Crippen LogP contribution in [-0.2, 0) is 11.2 Å². The minimum absolute atomic E-state index is 0.0968. The number of hydrogen-bond acceptors (Lipinski definition) is 2. The fourth-order valence-electron chi connectivity index (χ4n) is 2.35. The molecule has 0 bridgehead atoms. The third-order valence-corrected chi connectivity index (χ3v) is 3.37. The number of hydrogen-bond donors (Lipinski definition) is 0. The normalized spacial score (nSPS) is 21.8. The van der Waals surface area contributed by atoms with E-state index in [0.29, 0.717) is 12.2 Å². The summed E-state index contributed by atoms with van der Waals surface area (Å²) >= 11 is 0. The number of benzene rings is 1. The fourth-order valence-corrected chi connectivity index (χ4v) is 2.35. The van der Waals surface area contributed by atoms with Crippen LogP contribution in [0.1, 0.15) is 24.8 Å². The van der Waals surface area contributed by atoms with Gasteiger partial charge in [0.1, 0.15) is 11.5 Å². The topological polar surface area (TPSA) is 26.3 Å². The number of ketones is 1. The molecule has 1 saturated carbocycles. The molecule has 2 nitrogen and oxygen atoms in total. The predicted octanol–water partition coefficient (Wildman–Crippen LogP) is 3.24. The third kappa shape index (κ3) is 3.06. The van der Waals surface area contributed by atoms with Gasteiger partial charge in [-0.1, -0.05) is 12.1 Å². The van der Waals surface area contributed by atoms with Crippen molar-refractivity contribution in [3.63, 3.8) is 0 Å². The van der Waals surface area contributed by atoms with Gasteiger partial charge in [-0.15, -0.1) is 0 Å². The molecule has 2 rings (SSSR count). The van der Waals surface area contributed by atoms with Crippen molar-refractivity contribution in [1.29, 1.82) is 0 Å². The zero-order valence-electron chi connectivity index (χ0n) is 10.3. The molecule has 98 valence electrons. The molecule has 0 amide bonds. The number of methoxy groups -OCH3 is 1. The zero-order valence-corrected chi connectivity index (χ0v) is 10.3. The van der Waals surface area contributed by atoms with Crippen molar-refractivity contribution in [1.82, 2.24) is 0 Å². The molecule has 1 unspecified atom stereocenters. The first-order valence-corrected chi connectivity index (χ1v) is 6.04. The van der Waals surface area contributed by atoms with Crippen molar-refractivity contribution in [2.75, 3.05) is 7.11 Å². The van der Waals surface area contributed by atoms with Crippen LogP contribution in [0.3, 0.4) is 0 Å². The Morgan fingerprint density at radius 3 is 2.89 bits per heavy atom. The number of ether oxygens (including phenoxy) is 1. The van der Waals surface area contributed by atoms with E-state index in [-0.39, 0.29) is 25.0 Å². The van der Waals surface area contributed by atoms with Crippen LogP contribution < -0.4 is 4.74 Å². The molecule has 0 aromatic heterocycles. The molecular weight excluding hydrogens is 238 g/mol. The van der Waals surface area contributed by atoms with Gasteiger partial charge in [0.05, 0.1) is 7.11 Å². The van der Waals surface area contributed by atoms with Crippen LogP contribution in [0.15, 0.2) is 24.3 Å². The lowest BCUT2D eigenvalue weighted by atomic mass is 9.96. The van der Waals surface area contributed by atoms with E-state index in [2.05, 4.69) is 0 Å². The highest BCUT2D eigenvalue weighted by Crippen LogP contribution is 2.39. The molecule has 18 heavy (non-hydrogen) atoms. The van der Waals surface area contributed by atoms with Gasteiger partial charge in [0.15, 0.2) is 0 Å². The van der Waals surface area contributed by atoms with Crippen LogP contribution in [0, 0.1) is 5.92 Å². The van der Waals surface area contributed by atoms with Crippen molar-refractivity contribution in [2.45, 2.75) is 31.6 Å². The van der Waals surface area contributed by atoms with Gasteiger partial charge in [0.25, 0.3) is 0 Å². The summed E-state index contributed by atoms with van der Waals surface area (Å²) in [4.78, 5) is 11.9. The standard InChI is InChI=1S/C14H16F2O2/c1-18-12-4-2-3-10(7-12)8-13(17)11-5-6-14(15,16)9-11/h2-4,7,11H,5-6,8-9H2,1H3. The Morgan fingerprint density at radius 1 is 1.50 bits per heavy atom. The smallest absolute Gasteiger partial charge is 0.248 e. The van der Waals surface area contributed by atoms with Crippen LogP contribution in [0.2, 0.25) is 0 Å². The van der Waals surface area contributed by atoms with Crippen molar-refractivity contribution in [3.05, 3.63) is 29.8 Å². The molecule has 1 atom stereocenters. The highest BCUT2D eigenvalue weighted by molar-refractivity contribution is 5.83. The van der Waals surface area contributed by atoms with Crippen LogP contribution in [0.5, 0.6) is 5.75 Å². The Morgan fingerprint density at radius 2 is 2.28 bits per heavy atom. The summed E-state index contributed by atoms with van der Waals surface area (Å²) in [6.45, 7) is 0. The van der Waals surface area contributed by atoms with E-state index in [0.717, 1.165) is 5.56 Å². The zero-order chi connectivity index (χ0) is 13.2. The largest absolute Gasteiger partial charge is 0.497 e. The molecule has 0 N–H and O–H groups in total. The van der Waals surface area contributed by atoms with E-state index in [1.807, 2.05) is 6.07 Å². The molecule has 0 saturated heterocycles. The lowest BCUT2D eigenvalue weighted by Crippen LogP contribution is -2.17. The summed E-state index contributed by atoms with van der Waals surface area (Å²) < 4.78 is 31.1. The molecule has 1 aromatic rings. The average Bonchev–Trinajstić information content (AvgIpc) is 2.70. The highest BCUT2D eigenvalue weighted by atomic mass is 19.3. The number of alkyl halides is 2. The predicted molar refractivity (Wildman–Crippen MR) is 64.0 cm³/mol. The van der Waals surface area contributed by atoms with E-state index in [1.165, 1.54) is 0 Å². The Balaban J connectivity index is 1.99. The lowest BCUT2D eigenvalue weighted by molar-refractivity contribution is -0.123. The Hall–Kier alpha value is -1.45. The fraction of sp³-hybridized carbons (Fsp3) is 0.500. The first kappa shape index (κ1) is 13.0. The van der Waals surface area contributed by atoms with Gasteiger partial charge in [-0.2, -0.15) is 0 Å². The van der Waals surface area contributed by atoms with Gasteiger partial charge in [-0.3, -0.25) is 4.79 Å². The van der Waals surface area contributed by atoms with Gasteiger partial charge >= 0.3 is 0 Å². The number of carbonyl (C=O) groups excluding carboxylic acids is 1. The van der Waals surface area contributed by atoms with Gasteiger partial charge < -0.3 is 4.74 Å². The summed E-state index contributed by atoms with van der Waals surface area (Å²) in [5.74, 6) is -2.57. The second kappa shape index (κ2) is 5.04. The second-order valence-electron chi connectivity index (χ2n) is 4.79. The molecule has 0 heterocycles. The number of carbonyl (C=O) groups is 1. The van der Waals surface area contributed by atoms with Crippen molar-refractivity contribution in [3.8, 4) is 5.75 Å². The minimum Gasteiger partial charge on any atom is -0.497 e. The Kier molecular flexibility index (Phi) is 3.64. The number of halogens is 2. The molecule has 1 fully saturated rings. The molecule has 1 aromatic carbocycles. The molecule has 0 radical (unpaired) electrons. The quantitative estimate of drug-likeness (QED) is 0.824. The monoisotopic (exact) mass is 254 g/mol. The number of rotatable bonds is 4. The van der Waals surface area contributed by atoms with Crippen LogP contribution in [0.4, 0.5) is 8.78 Å². The minimum atomic E-state index is -2.66. The SMILES string of the molecule is COc1cccc(CC(=O)C2CCC(F)(F)C2)c1. The first-order valence-electron chi connectivity index (χ1n) is 6.04. The maximum absolute atomic E-state index is 13.0. The first-order chi connectivity index (χ1) is 8.50. The van der Waals surface area contributed by atoms with Crippen molar-refractivity contribution < 1.29 is 18.3 Å². The van der Waals surface area contributed by atoms with Crippen LogP contribution in [0.25, 0.3) is 0 Å². The van der Waals surface area contributed by atoms with Gasteiger partial charge in [0, 0.05) is 25.2 Å². The van der Waals surface area contributed by atoms with Gasteiger partial charge in [0.2, 0.25) is 5.92 Å². The average molecular weight is 254 g/mol. The summed E-state index contributed by atoms with van der Waals surface area (Å²) in [5, 5.41) is 0. The van der Waals surface area contributed by atoms with E-state index in [9.17, 15) is 13.6 Å². The summed E-state index contributed by atoms with van der Waals surface area (Å²) in [6.07, 6.45) is 0.0467. The number of Topliss-reactive ketones (excluding diaryl/α,β-unsaturated/α-hetero) is 1. The molecule has 4 heteroatoms. The molecule has 1 aliphatic carbocycles. The van der Waals surface area contributed by atoms with Crippen LogP contribution >= 0.6 is 0 Å². The van der Waals surface area contributed by atoms with Gasteiger partial charge in [-0.05, 0) is 24.1 Å². The molecule has 0 spiro atoms. The Bertz CT molecular complexity index is 443. The van der Waals surface area contributed by atoms with E-state index >= 15 is 0 Å².